The number of rotatable bonds is 7. The van der Waals surface area contributed by atoms with E-state index in [4.69, 9.17) is 4.74 Å². The van der Waals surface area contributed by atoms with Crippen molar-refractivity contribution in [3.05, 3.63) is 21.9 Å². The van der Waals surface area contributed by atoms with E-state index in [0.717, 1.165) is 6.54 Å². The van der Waals surface area contributed by atoms with Crippen molar-refractivity contribution < 1.29 is 4.74 Å². The minimum Gasteiger partial charge on any atom is -0.379 e. The van der Waals surface area contributed by atoms with Crippen molar-refractivity contribution in [2.24, 2.45) is 5.92 Å². The molecule has 1 aromatic rings. The normalized spacial score (nSPS) is 19.9. The van der Waals surface area contributed by atoms with Crippen LogP contribution in [0.15, 0.2) is 11.4 Å². The fourth-order valence-corrected chi connectivity index (χ4v) is 4.46. The van der Waals surface area contributed by atoms with E-state index in [1.54, 1.807) is 0 Å². The van der Waals surface area contributed by atoms with Crippen molar-refractivity contribution in [1.82, 2.24) is 5.32 Å². The molecule has 1 heterocycles. The molecule has 20 heavy (non-hydrogen) atoms. The van der Waals surface area contributed by atoms with Crippen molar-refractivity contribution in [2.45, 2.75) is 64.5 Å². The molecule has 0 aromatic carbocycles. The highest BCUT2D eigenvalue weighted by Crippen LogP contribution is 2.36. The van der Waals surface area contributed by atoms with Crippen LogP contribution in [0.3, 0.4) is 0 Å². The lowest BCUT2D eigenvalue weighted by molar-refractivity contribution is 0.00831. The summed E-state index contributed by atoms with van der Waals surface area (Å²) in [4.78, 5) is 1.47. The number of hydrogen-bond donors (Lipinski definition) is 1. The molecular formula is C17H29NOS. The number of nitrogens with one attached hydrogen (secondary N) is 1. The quantitative estimate of drug-likeness (QED) is 0.787. The van der Waals surface area contributed by atoms with E-state index in [2.05, 4.69) is 30.6 Å². The number of thiophene rings is 1. The van der Waals surface area contributed by atoms with Crippen molar-refractivity contribution in [2.75, 3.05) is 13.7 Å². The molecule has 0 saturated heterocycles. The average Bonchev–Trinajstić information content (AvgIpc) is 2.90. The molecule has 2 rings (SSSR count). The molecule has 1 N–H and O–H groups in total. The van der Waals surface area contributed by atoms with Crippen LogP contribution in [0.25, 0.3) is 0 Å². The van der Waals surface area contributed by atoms with Gasteiger partial charge in [0.15, 0.2) is 0 Å². The molecule has 114 valence electrons. The SMILES string of the molecule is CCCNC(c1sccc1C)C(OC)C1CCCCC1. The Kier molecular flexibility index (Phi) is 6.53. The summed E-state index contributed by atoms with van der Waals surface area (Å²) < 4.78 is 5.97. The first kappa shape index (κ1) is 16.0. The largest absolute Gasteiger partial charge is 0.379 e. The zero-order valence-electron chi connectivity index (χ0n) is 13.2. The fraction of sp³-hybridized carbons (Fsp3) is 0.765. The number of hydrogen-bond acceptors (Lipinski definition) is 3. The van der Waals surface area contributed by atoms with Gasteiger partial charge in [0.05, 0.1) is 12.1 Å². The van der Waals surface area contributed by atoms with Crippen LogP contribution >= 0.6 is 11.3 Å². The van der Waals surface area contributed by atoms with Crippen LogP contribution < -0.4 is 5.32 Å². The molecule has 0 aliphatic heterocycles. The first-order valence-corrected chi connectivity index (χ1v) is 8.96. The van der Waals surface area contributed by atoms with Gasteiger partial charge in [-0.1, -0.05) is 26.2 Å². The van der Waals surface area contributed by atoms with Crippen molar-refractivity contribution in [3.8, 4) is 0 Å². The summed E-state index contributed by atoms with van der Waals surface area (Å²) in [6, 6.07) is 2.59. The molecule has 2 unspecified atom stereocenters. The van der Waals surface area contributed by atoms with Crippen LogP contribution in [0.1, 0.15) is 61.9 Å². The Morgan fingerprint density at radius 1 is 1.35 bits per heavy atom. The van der Waals surface area contributed by atoms with E-state index in [1.807, 2.05) is 18.4 Å². The first-order chi connectivity index (χ1) is 9.77. The monoisotopic (exact) mass is 295 g/mol. The maximum atomic E-state index is 5.97. The van der Waals surface area contributed by atoms with E-state index in [-0.39, 0.29) is 0 Å². The topological polar surface area (TPSA) is 21.3 Å². The lowest BCUT2D eigenvalue weighted by Gasteiger charge is -2.35. The molecule has 1 aromatic heterocycles. The van der Waals surface area contributed by atoms with Crippen LogP contribution in [0.2, 0.25) is 0 Å². The molecule has 1 aliphatic rings. The molecule has 1 fully saturated rings. The van der Waals surface area contributed by atoms with Gasteiger partial charge in [-0.2, -0.15) is 0 Å². The molecule has 1 aliphatic carbocycles. The number of ether oxygens (including phenoxy) is 1. The van der Waals surface area contributed by atoms with Crippen LogP contribution in [-0.2, 0) is 4.74 Å². The molecule has 2 nitrogen and oxygen atoms in total. The minimum absolute atomic E-state index is 0.319. The summed E-state index contributed by atoms with van der Waals surface area (Å²) in [5.74, 6) is 0.713. The third-order valence-corrected chi connectivity index (χ3v) is 5.62. The van der Waals surface area contributed by atoms with Gasteiger partial charge in [0.2, 0.25) is 0 Å². The molecule has 0 amide bonds. The zero-order valence-corrected chi connectivity index (χ0v) is 14.0. The van der Waals surface area contributed by atoms with Gasteiger partial charge in [-0.3, -0.25) is 0 Å². The van der Waals surface area contributed by atoms with Gasteiger partial charge in [0.1, 0.15) is 0 Å². The van der Waals surface area contributed by atoms with Gasteiger partial charge in [0, 0.05) is 12.0 Å². The number of aryl methyl sites for hydroxylation is 1. The third kappa shape index (κ3) is 3.84. The molecule has 0 bridgehead atoms. The van der Waals surface area contributed by atoms with Crippen molar-refractivity contribution in [1.29, 1.82) is 0 Å². The lowest BCUT2D eigenvalue weighted by atomic mass is 9.82. The van der Waals surface area contributed by atoms with Gasteiger partial charge in [-0.25, -0.2) is 0 Å². The maximum Gasteiger partial charge on any atom is 0.0802 e. The predicted molar refractivity (Wildman–Crippen MR) is 87.5 cm³/mol. The summed E-state index contributed by atoms with van der Waals surface area (Å²) in [5, 5.41) is 5.95. The van der Waals surface area contributed by atoms with Crippen molar-refractivity contribution >= 4 is 11.3 Å². The van der Waals surface area contributed by atoms with Gasteiger partial charge in [-0.05, 0) is 55.7 Å². The molecule has 2 atom stereocenters. The molecule has 1 saturated carbocycles. The Bertz CT molecular complexity index is 384. The van der Waals surface area contributed by atoms with Gasteiger partial charge < -0.3 is 10.1 Å². The standard InChI is InChI=1S/C17H29NOS/c1-4-11-18-15(17-13(2)10-12-20-17)16(19-3)14-8-6-5-7-9-14/h10,12,14-16,18H,4-9,11H2,1-3H3. The Morgan fingerprint density at radius 2 is 2.10 bits per heavy atom. The van der Waals surface area contributed by atoms with Crippen LogP contribution in [0, 0.1) is 12.8 Å². The van der Waals surface area contributed by atoms with E-state index < -0.39 is 0 Å². The summed E-state index contributed by atoms with van der Waals surface area (Å²) >= 11 is 1.87. The highest BCUT2D eigenvalue weighted by atomic mass is 32.1. The summed E-state index contributed by atoms with van der Waals surface area (Å²) in [7, 11) is 1.89. The van der Waals surface area contributed by atoms with Gasteiger partial charge >= 0.3 is 0 Å². The molecule has 0 spiro atoms. The zero-order chi connectivity index (χ0) is 14.4. The second-order valence-electron chi connectivity index (χ2n) is 6.00. The number of methoxy groups -OCH3 is 1. The van der Waals surface area contributed by atoms with E-state index in [1.165, 1.54) is 49.0 Å². The second kappa shape index (κ2) is 8.16. The van der Waals surface area contributed by atoms with E-state index in [0.29, 0.717) is 18.1 Å². The second-order valence-corrected chi connectivity index (χ2v) is 6.95. The van der Waals surface area contributed by atoms with Crippen LogP contribution in [0.5, 0.6) is 0 Å². The Labute approximate surface area is 127 Å². The summed E-state index contributed by atoms with van der Waals surface area (Å²) in [6.07, 6.45) is 8.28. The molecule has 3 heteroatoms. The lowest BCUT2D eigenvalue weighted by Crippen LogP contribution is -2.39. The predicted octanol–water partition coefficient (Wildman–Crippen LogP) is 4.69. The van der Waals surface area contributed by atoms with Gasteiger partial charge in [0.25, 0.3) is 0 Å². The first-order valence-electron chi connectivity index (χ1n) is 8.08. The van der Waals surface area contributed by atoms with Crippen molar-refractivity contribution in [3.63, 3.8) is 0 Å². The fourth-order valence-electron chi connectivity index (χ4n) is 3.42. The summed E-state index contributed by atoms with van der Waals surface area (Å²) in [6.45, 7) is 5.52. The average molecular weight is 295 g/mol. The molecule has 0 radical (unpaired) electrons. The Balaban J connectivity index is 2.16. The Morgan fingerprint density at radius 3 is 2.65 bits per heavy atom. The van der Waals surface area contributed by atoms with Crippen LogP contribution in [0.4, 0.5) is 0 Å². The smallest absolute Gasteiger partial charge is 0.0802 e. The van der Waals surface area contributed by atoms with Gasteiger partial charge in [-0.15, -0.1) is 11.3 Å². The Hall–Kier alpha value is -0.380. The highest BCUT2D eigenvalue weighted by Gasteiger charge is 2.32. The molecular weight excluding hydrogens is 266 g/mol. The summed E-state index contributed by atoms with van der Waals surface area (Å²) in [5.41, 5.74) is 1.40. The van der Waals surface area contributed by atoms with E-state index in [9.17, 15) is 0 Å². The van der Waals surface area contributed by atoms with E-state index >= 15 is 0 Å². The maximum absolute atomic E-state index is 5.97. The minimum atomic E-state index is 0.319. The highest BCUT2D eigenvalue weighted by molar-refractivity contribution is 7.10. The third-order valence-electron chi connectivity index (χ3n) is 4.51. The van der Waals surface area contributed by atoms with Crippen LogP contribution in [-0.4, -0.2) is 19.8 Å².